The fraction of sp³-hybridized carbons (Fsp3) is 0.682. The number of piperazine rings is 1. The molecule has 0 unspecified atom stereocenters. The highest BCUT2D eigenvalue weighted by atomic mass is 35.5. The molecule has 2 amide bonds. The molecule has 0 bridgehead atoms. The van der Waals surface area contributed by atoms with Gasteiger partial charge in [-0.15, -0.1) is 0 Å². The summed E-state index contributed by atoms with van der Waals surface area (Å²) in [7, 11) is 1.73. The van der Waals surface area contributed by atoms with Gasteiger partial charge in [0, 0.05) is 58.0 Å². The molecule has 12 heteroatoms. The van der Waals surface area contributed by atoms with Crippen LogP contribution in [0.4, 0.5) is 10.6 Å². The summed E-state index contributed by atoms with van der Waals surface area (Å²) in [4.78, 5) is 37.4. The number of hydrogen-bond acceptors (Lipinski definition) is 7. The summed E-state index contributed by atoms with van der Waals surface area (Å²) < 4.78 is 11.5. The van der Waals surface area contributed by atoms with Gasteiger partial charge in [0.25, 0.3) is 5.91 Å². The van der Waals surface area contributed by atoms with E-state index in [0.717, 1.165) is 19.5 Å². The van der Waals surface area contributed by atoms with Gasteiger partial charge >= 0.3 is 6.09 Å². The SMILES string of the molecule is COC1CN([C@H]2CN(c3nc(Cl)c(Cl)c4c3C(=O)N3CCN(C(=O)O)C[C@@H]3CO4)C(C)(C)C2)C1. The number of fused-ring (bicyclic) bond motifs is 2. The summed E-state index contributed by atoms with van der Waals surface area (Å²) in [5.41, 5.74) is 0.0159. The number of halogens is 2. The first-order chi connectivity index (χ1) is 16.1. The van der Waals surface area contributed by atoms with E-state index in [9.17, 15) is 14.7 Å². The second-order valence-electron chi connectivity index (χ2n) is 10.0. The van der Waals surface area contributed by atoms with Crippen molar-refractivity contribution in [1.82, 2.24) is 19.7 Å². The Kier molecular flexibility index (Phi) is 5.99. The lowest BCUT2D eigenvalue weighted by Gasteiger charge is -2.42. The lowest BCUT2D eigenvalue weighted by atomic mass is 9.97. The maximum atomic E-state index is 13.8. The van der Waals surface area contributed by atoms with Gasteiger partial charge in [-0.2, -0.15) is 0 Å². The zero-order chi connectivity index (χ0) is 24.4. The molecule has 0 aromatic carbocycles. The van der Waals surface area contributed by atoms with Crippen molar-refractivity contribution >= 4 is 41.0 Å². The third-order valence-corrected chi connectivity index (χ3v) is 8.24. The molecule has 3 fully saturated rings. The van der Waals surface area contributed by atoms with Gasteiger partial charge in [-0.05, 0) is 20.3 Å². The van der Waals surface area contributed by atoms with Crippen molar-refractivity contribution in [3.63, 3.8) is 0 Å². The highest BCUT2D eigenvalue weighted by molar-refractivity contribution is 6.42. The lowest BCUT2D eigenvalue weighted by molar-refractivity contribution is -0.0475. The van der Waals surface area contributed by atoms with E-state index in [-0.39, 0.29) is 59.7 Å². The minimum absolute atomic E-state index is 0.0814. The number of carboxylic acid groups (broad SMARTS) is 1. The number of ether oxygens (including phenoxy) is 2. The Hall–Kier alpha value is -2.01. The molecule has 2 atom stereocenters. The number of hydrogen-bond donors (Lipinski definition) is 1. The van der Waals surface area contributed by atoms with E-state index in [1.807, 2.05) is 0 Å². The Labute approximate surface area is 208 Å². The standard InChI is InChI=1S/C22H29Cl2N5O5/c1-22(2)6-12(27-9-14(10-27)33-3)8-29(22)19-15-17(16(23)18(24)25-19)34-11-13-7-26(21(31)32)4-5-28(13)20(15)30/h12-14H,4-11H2,1-3H3,(H,31,32)/t12-,13-/m1/s1. The maximum Gasteiger partial charge on any atom is 0.407 e. The van der Waals surface area contributed by atoms with E-state index < -0.39 is 12.1 Å². The van der Waals surface area contributed by atoms with Crippen LogP contribution in [0, 0.1) is 0 Å². The van der Waals surface area contributed by atoms with Crippen molar-refractivity contribution in [3.8, 4) is 5.75 Å². The first-order valence-electron chi connectivity index (χ1n) is 11.5. The highest BCUT2D eigenvalue weighted by Gasteiger charge is 2.48. The minimum atomic E-state index is -1.01. The molecule has 1 aromatic heterocycles. The number of amides is 2. The summed E-state index contributed by atoms with van der Waals surface area (Å²) in [6.07, 6.45) is 0.145. The molecule has 0 radical (unpaired) electrons. The Morgan fingerprint density at radius 3 is 2.59 bits per heavy atom. The monoisotopic (exact) mass is 513 g/mol. The molecule has 10 nitrogen and oxygen atoms in total. The van der Waals surface area contributed by atoms with Gasteiger partial charge < -0.3 is 29.3 Å². The second-order valence-corrected chi connectivity index (χ2v) is 10.8. The van der Waals surface area contributed by atoms with Crippen LogP contribution in [0.3, 0.4) is 0 Å². The zero-order valence-corrected chi connectivity index (χ0v) is 21.0. The van der Waals surface area contributed by atoms with Crippen LogP contribution in [-0.4, -0.2) is 114 Å². The molecule has 5 rings (SSSR count). The number of nitrogens with zero attached hydrogens (tertiary/aromatic N) is 5. The van der Waals surface area contributed by atoms with Crippen molar-refractivity contribution in [2.75, 3.05) is 57.9 Å². The van der Waals surface area contributed by atoms with Gasteiger partial charge in [0.05, 0.1) is 12.1 Å². The normalized spacial score (nSPS) is 27.1. The topological polar surface area (TPSA) is 98.7 Å². The molecule has 4 aliphatic heterocycles. The van der Waals surface area contributed by atoms with Crippen LogP contribution in [0.1, 0.15) is 30.6 Å². The molecular weight excluding hydrogens is 485 g/mol. The minimum Gasteiger partial charge on any atom is -0.489 e. The average Bonchev–Trinajstić information content (AvgIpc) is 2.98. The number of anilines is 1. The first kappa shape index (κ1) is 23.7. The number of carbonyl (C=O) groups excluding carboxylic acids is 1. The number of rotatable bonds is 3. The van der Waals surface area contributed by atoms with Gasteiger partial charge in [0.2, 0.25) is 0 Å². The Morgan fingerprint density at radius 1 is 1.18 bits per heavy atom. The van der Waals surface area contributed by atoms with Crippen molar-refractivity contribution < 1.29 is 24.2 Å². The van der Waals surface area contributed by atoms with Crippen molar-refractivity contribution in [2.45, 2.75) is 44.0 Å². The van der Waals surface area contributed by atoms with Crippen LogP contribution in [0.5, 0.6) is 5.75 Å². The number of pyridine rings is 1. The van der Waals surface area contributed by atoms with Crippen LogP contribution < -0.4 is 9.64 Å². The Balaban J connectivity index is 1.50. The van der Waals surface area contributed by atoms with Crippen LogP contribution in [0.2, 0.25) is 10.2 Å². The third kappa shape index (κ3) is 3.84. The van der Waals surface area contributed by atoms with Gasteiger partial charge in [0.1, 0.15) is 23.0 Å². The zero-order valence-electron chi connectivity index (χ0n) is 19.5. The Bertz CT molecular complexity index is 1020. The fourth-order valence-electron chi connectivity index (χ4n) is 5.53. The summed E-state index contributed by atoms with van der Waals surface area (Å²) in [5.74, 6) is 0.430. The molecule has 34 heavy (non-hydrogen) atoms. The quantitative estimate of drug-likeness (QED) is 0.614. The smallest absolute Gasteiger partial charge is 0.407 e. The number of methoxy groups -OCH3 is 1. The van der Waals surface area contributed by atoms with Crippen LogP contribution >= 0.6 is 23.2 Å². The van der Waals surface area contributed by atoms with E-state index in [1.54, 1.807) is 12.0 Å². The summed E-state index contributed by atoms with van der Waals surface area (Å²) in [6.45, 7) is 7.54. The number of likely N-dealkylation sites (tertiary alicyclic amines) is 1. The van der Waals surface area contributed by atoms with Crippen molar-refractivity contribution in [2.24, 2.45) is 0 Å². The van der Waals surface area contributed by atoms with Gasteiger partial charge in [-0.25, -0.2) is 9.78 Å². The summed E-state index contributed by atoms with van der Waals surface area (Å²) in [6, 6.07) is -0.124. The van der Waals surface area contributed by atoms with E-state index >= 15 is 0 Å². The Morgan fingerprint density at radius 2 is 1.91 bits per heavy atom. The van der Waals surface area contributed by atoms with Crippen molar-refractivity contribution in [1.29, 1.82) is 0 Å². The predicted molar refractivity (Wildman–Crippen MR) is 126 cm³/mol. The molecule has 4 aliphatic rings. The van der Waals surface area contributed by atoms with E-state index in [1.165, 1.54) is 4.90 Å². The van der Waals surface area contributed by atoms with E-state index in [0.29, 0.717) is 24.0 Å². The summed E-state index contributed by atoms with van der Waals surface area (Å²) >= 11 is 12.9. The second kappa shape index (κ2) is 8.58. The highest BCUT2D eigenvalue weighted by Crippen LogP contribution is 2.45. The van der Waals surface area contributed by atoms with Gasteiger partial charge in [0.15, 0.2) is 10.9 Å². The van der Waals surface area contributed by atoms with Crippen LogP contribution in [0.25, 0.3) is 0 Å². The largest absolute Gasteiger partial charge is 0.489 e. The van der Waals surface area contributed by atoms with Crippen molar-refractivity contribution in [3.05, 3.63) is 15.7 Å². The van der Waals surface area contributed by atoms with E-state index in [2.05, 4.69) is 28.6 Å². The molecule has 0 aliphatic carbocycles. The third-order valence-electron chi connectivity index (χ3n) is 7.52. The molecule has 5 heterocycles. The van der Waals surface area contributed by atoms with Gasteiger partial charge in [-0.3, -0.25) is 9.69 Å². The molecule has 1 N–H and O–H groups in total. The predicted octanol–water partition coefficient (Wildman–Crippen LogP) is 2.27. The fourth-order valence-corrected chi connectivity index (χ4v) is 5.89. The van der Waals surface area contributed by atoms with Crippen LogP contribution in [-0.2, 0) is 4.74 Å². The molecule has 1 aromatic rings. The molecular formula is C22H29Cl2N5O5. The molecule has 0 spiro atoms. The number of aromatic nitrogens is 1. The first-order valence-corrected chi connectivity index (χ1v) is 12.2. The van der Waals surface area contributed by atoms with E-state index in [4.69, 9.17) is 32.7 Å². The molecule has 186 valence electrons. The molecule has 0 saturated carbocycles. The average molecular weight is 514 g/mol. The summed E-state index contributed by atoms with van der Waals surface area (Å²) in [5, 5.41) is 9.59. The maximum absolute atomic E-state index is 13.8. The van der Waals surface area contributed by atoms with Crippen LogP contribution in [0.15, 0.2) is 0 Å². The lowest BCUT2D eigenvalue weighted by Crippen LogP contribution is -2.57. The van der Waals surface area contributed by atoms with Gasteiger partial charge in [-0.1, -0.05) is 23.2 Å². The molecule has 3 saturated heterocycles. The number of carbonyl (C=O) groups is 2.